The van der Waals surface area contributed by atoms with Crippen LogP contribution in [0.1, 0.15) is 5.56 Å². The third-order valence-electron chi connectivity index (χ3n) is 3.48. The van der Waals surface area contributed by atoms with Gasteiger partial charge in [0.15, 0.2) is 0 Å². The molecule has 0 saturated carbocycles. The summed E-state index contributed by atoms with van der Waals surface area (Å²) in [5, 5.41) is 3.17. The maximum absolute atomic E-state index is 6.20. The van der Waals surface area contributed by atoms with E-state index in [2.05, 4.69) is 42.5 Å². The Labute approximate surface area is 129 Å². The van der Waals surface area contributed by atoms with Gasteiger partial charge in [0.2, 0.25) is 0 Å². The van der Waals surface area contributed by atoms with Gasteiger partial charge in [0.1, 0.15) is 0 Å². The first kappa shape index (κ1) is 13.7. The number of fused-ring (bicyclic) bond motifs is 1. The molecule has 0 unspecified atom stereocenters. The molecule has 0 saturated heterocycles. The van der Waals surface area contributed by atoms with Crippen LogP contribution in [0.3, 0.4) is 0 Å². The smallest absolute Gasteiger partial charge is 0.0830 e. The van der Waals surface area contributed by atoms with E-state index in [1.807, 2.05) is 24.3 Å². The van der Waals surface area contributed by atoms with Crippen molar-refractivity contribution >= 4 is 28.4 Å². The predicted octanol–water partition coefficient (Wildman–Crippen LogP) is 5.78. The first-order chi connectivity index (χ1) is 10.3. The lowest BCUT2D eigenvalue weighted by molar-refractivity contribution is 0.341. The average molecular weight is 295 g/mol. The monoisotopic (exact) mass is 294 g/mol. The van der Waals surface area contributed by atoms with Crippen molar-refractivity contribution in [2.24, 2.45) is 0 Å². The molecule has 0 aliphatic heterocycles. The zero-order valence-electron chi connectivity index (χ0n) is 11.7. The fraction of sp³-hybridized carbons (Fsp3) is 0.0526. The van der Waals surface area contributed by atoms with Crippen molar-refractivity contribution in [2.75, 3.05) is 7.11 Å². The number of halogens is 1. The molecule has 0 amide bonds. The summed E-state index contributed by atoms with van der Waals surface area (Å²) in [4.78, 5) is 0. The molecular formula is C19H15ClO. The Hall–Kier alpha value is -2.25. The van der Waals surface area contributed by atoms with Crippen LogP contribution in [0.5, 0.6) is 0 Å². The minimum atomic E-state index is 0.729. The van der Waals surface area contributed by atoms with E-state index < -0.39 is 0 Å². The van der Waals surface area contributed by atoms with E-state index >= 15 is 0 Å². The summed E-state index contributed by atoms with van der Waals surface area (Å²) in [5.74, 6) is 0. The van der Waals surface area contributed by atoms with Crippen LogP contribution in [0.25, 0.3) is 28.0 Å². The SMILES string of the molecule is CO/C=C\c1ccc(Cl)cc1-c1cccc2ccccc12. The second kappa shape index (κ2) is 6.02. The van der Waals surface area contributed by atoms with Crippen LogP contribution in [0.4, 0.5) is 0 Å². The largest absolute Gasteiger partial charge is 0.504 e. The minimum Gasteiger partial charge on any atom is -0.504 e. The number of hydrogen-bond acceptors (Lipinski definition) is 1. The second-order valence-electron chi connectivity index (χ2n) is 4.80. The Balaban J connectivity index is 2.27. The highest BCUT2D eigenvalue weighted by atomic mass is 35.5. The molecule has 3 aromatic carbocycles. The molecular weight excluding hydrogens is 280 g/mol. The highest BCUT2D eigenvalue weighted by Gasteiger charge is 2.08. The number of benzene rings is 3. The topological polar surface area (TPSA) is 9.23 Å². The maximum Gasteiger partial charge on any atom is 0.0830 e. The Morgan fingerprint density at radius 3 is 2.57 bits per heavy atom. The zero-order valence-corrected chi connectivity index (χ0v) is 12.5. The molecule has 2 heteroatoms. The second-order valence-corrected chi connectivity index (χ2v) is 5.23. The van der Waals surface area contributed by atoms with Gasteiger partial charge in [-0.25, -0.2) is 0 Å². The number of methoxy groups -OCH3 is 1. The van der Waals surface area contributed by atoms with Gasteiger partial charge < -0.3 is 4.74 Å². The molecule has 104 valence electrons. The summed E-state index contributed by atoms with van der Waals surface area (Å²) < 4.78 is 5.04. The molecule has 3 rings (SSSR count). The minimum absolute atomic E-state index is 0.729. The van der Waals surface area contributed by atoms with Crippen molar-refractivity contribution in [1.82, 2.24) is 0 Å². The van der Waals surface area contributed by atoms with Gasteiger partial charge in [0, 0.05) is 5.02 Å². The van der Waals surface area contributed by atoms with E-state index in [-0.39, 0.29) is 0 Å². The Bertz CT molecular complexity index is 800. The van der Waals surface area contributed by atoms with Crippen molar-refractivity contribution in [3.8, 4) is 11.1 Å². The molecule has 3 aromatic rings. The lowest BCUT2D eigenvalue weighted by Gasteiger charge is -2.10. The molecule has 0 radical (unpaired) electrons. The molecule has 1 nitrogen and oxygen atoms in total. The summed E-state index contributed by atoms with van der Waals surface area (Å²) in [6.45, 7) is 0. The van der Waals surface area contributed by atoms with E-state index in [1.165, 1.54) is 16.3 Å². The van der Waals surface area contributed by atoms with Crippen LogP contribution < -0.4 is 0 Å². The maximum atomic E-state index is 6.20. The van der Waals surface area contributed by atoms with Gasteiger partial charge in [0.05, 0.1) is 13.4 Å². The van der Waals surface area contributed by atoms with Crippen molar-refractivity contribution in [1.29, 1.82) is 0 Å². The summed E-state index contributed by atoms with van der Waals surface area (Å²) in [6, 6.07) is 20.6. The Morgan fingerprint density at radius 1 is 0.905 bits per heavy atom. The highest BCUT2D eigenvalue weighted by Crippen LogP contribution is 2.33. The normalized spacial score (nSPS) is 11.1. The van der Waals surface area contributed by atoms with Gasteiger partial charge in [0.25, 0.3) is 0 Å². The quantitative estimate of drug-likeness (QED) is 0.557. The van der Waals surface area contributed by atoms with Gasteiger partial charge in [-0.1, -0.05) is 60.1 Å². The van der Waals surface area contributed by atoms with Crippen LogP contribution in [-0.4, -0.2) is 7.11 Å². The fourth-order valence-electron chi connectivity index (χ4n) is 2.51. The first-order valence-electron chi connectivity index (χ1n) is 6.76. The summed E-state index contributed by atoms with van der Waals surface area (Å²) in [6.07, 6.45) is 3.63. The van der Waals surface area contributed by atoms with E-state index in [1.54, 1.807) is 13.4 Å². The molecule has 0 bridgehead atoms. The molecule has 0 spiro atoms. The molecule has 0 heterocycles. The van der Waals surface area contributed by atoms with Gasteiger partial charge in [-0.2, -0.15) is 0 Å². The molecule has 0 fully saturated rings. The van der Waals surface area contributed by atoms with E-state index in [9.17, 15) is 0 Å². The summed E-state index contributed by atoms with van der Waals surface area (Å²) >= 11 is 6.20. The molecule has 0 atom stereocenters. The van der Waals surface area contributed by atoms with Crippen LogP contribution in [-0.2, 0) is 4.74 Å². The van der Waals surface area contributed by atoms with Gasteiger partial charge in [-0.05, 0) is 45.7 Å². The van der Waals surface area contributed by atoms with Crippen LogP contribution in [0.2, 0.25) is 5.02 Å². The van der Waals surface area contributed by atoms with Crippen molar-refractivity contribution in [3.63, 3.8) is 0 Å². The van der Waals surface area contributed by atoms with Crippen molar-refractivity contribution in [2.45, 2.75) is 0 Å². The highest BCUT2D eigenvalue weighted by molar-refractivity contribution is 6.31. The van der Waals surface area contributed by atoms with Crippen molar-refractivity contribution < 1.29 is 4.74 Å². The number of hydrogen-bond donors (Lipinski definition) is 0. The third-order valence-corrected chi connectivity index (χ3v) is 3.71. The van der Waals surface area contributed by atoms with E-state index in [0.29, 0.717) is 0 Å². The van der Waals surface area contributed by atoms with Gasteiger partial charge in [-0.15, -0.1) is 0 Å². The Morgan fingerprint density at radius 2 is 1.71 bits per heavy atom. The van der Waals surface area contributed by atoms with Gasteiger partial charge >= 0.3 is 0 Å². The molecule has 21 heavy (non-hydrogen) atoms. The zero-order chi connectivity index (χ0) is 14.7. The molecule has 0 aliphatic carbocycles. The van der Waals surface area contributed by atoms with Crippen LogP contribution >= 0.6 is 11.6 Å². The lowest BCUT2D eigenvalue weighted by Crippen LogP contribution is -1.86. The van der Waals surface area contributed by atoms with E-state index in [0.717, 1.165) is 16.1 Å². The van der Waals surface area contributed by atoms with Crippen LogP contribution in [0, 0.1) is 0 Å². The summed E-state index contributed by atoms with van der Waals surface area (Å²) in [5.41, 5.74) is 3.36. The van der Waals surface area contributed by atoms with E-state index in [4.69, 9.17) is 16.3 Å². The first-order valence-corrected chi connectivity index (χ1v) is 7.14. The van der Waals surface area contributed by atoms with Crippen LogP contribution in [0.15, 0.2) is 66.9 Å². The lowest BCUT2D eigenvalue weighted by atomic mass is 9.94. The average Bonchev–Trinajstić information content (AvgIpc) is 2.53. The standard InChI is InChI=1S/C19H15ClO/c1-21-12-11-15-9-10-16(20)13-19(15)18-8-4-6-14-5-2-3-7-17(14)18/h2-13H,1H3/b12-11-. The number of ether oxygens (including phenoxy) is 1. The van der Waals surface area contributed by atoms with Crippen molar-refractivity contribution in [3.05, 3.63) is 77.5 Å². The molecule has 0 aliphatic rings. The molecule has 0 aromatic heterocycles. The number of rotatable bonds is 3. The predicted molar refractivity (Wildman–Crippen MR) is 90.4 cm³/mol. The Kier molecular flexibility index (Phi) is 3.94. The molecule has 0 N–H and O–H groups in total. The fourth-order valence-corrected chi connectivity index (χ4v) is 2.68. The third kappa shape index (κ3) is 2.79. The van der Waals surface area contributed by atoms with Gasteiger partial charge in [-0.3, -0.25) is 0 Å². The summed E-state index contributed by atoms with van der Waals surface area (Å²) in [7, 11) is 1.64.